The van der Waals surface area contributed by atoms with Crippen LogP contribution in [0.2, 0.25) is 0 Å². The number of aryl methyl sites for hydroxylation is 1. The molecule has 0 bridgehead atoms. The van der Waals surface area contributed by atoms with E-state index in [0.717, 1.165) is 18.7 Å². The molecule has 1 heterocycles. The van der Waals surface area contributed by atoms with E-state index in [2.05, 4.69) is 65.9 Å². The summed E-state index contributed by atoms with van der Waals surface area (Å²) in [5.74, 6) is 0. The van der Waals surface area contributed by atoms with Crippen molar-refractivity contribution in [2.24, 2.45) is 7.05 Å². The van der Waals surface area contributed by atoms with E-state index in [1.165, 1.54) is 16.3 Å². The first-order chi connectivity index (χ1) is 10.2. The van der Waals surface area contributed by atoms with Crippen LogP contribution in [0.4, 0.5) is 0 Å². The molecule has 0 spiro atoms. The molecule has 0 saturated carbocycles. The van der Waals surface area contributed by atoms with Gasteiger partial charge in [-0.1, -0.05) is 36.4 Å². The van der Waals surface area contributed by atoms with Gasteiger partial charge in [0.25, 0.3) is 0 Å². The van der Waals surface area contributed by atoms with Crippen LogP contribution in [0.15, 0.2) is 54.7 Å². The number of nitrogens with one attached hydrogen (secondary N) is 1. The van der Waals surface area contributed by atoms with Crippen LogP contribution >= 0.6 is 0 Å². The Kier molecular flexibility index (Phi) is 4.02. The molecule has 1 aromatic heterocycles. The lowest BCUT2D eigenvalue weighted by Crippen LogP contribution is -2.21. The van der Waals surface area contributed by atoms with Gasteiger partial charge in [0.1, 0.15) is 0 Å². The highest BCUT2D eigenvalue weighted by atomic mass is 15.2. The molecular formula is C18H21N3. The van der Waals surface area contributed by atoms with Gasteiger partial charge in [-0.15, -0.1) is 0 Å². The first kappa shape index (κ1) is 13.8. The Morgan fingerprint density at radius 2 is 1.90 bits per heavy atom. The lowest BCUT2D eigenvalue weighted by atomic mass is 10.0. The molecule has 21 heavy (non-hydrogen) atoms. The Hall–Kier alpha value is -2.13. The fourth-order valence-corrected chi connectivity index (χ4v) is 2.61. The molecule has 3 nitrogen and oxygen atoms in total. The normalized spacial score (nSPS) is 12.7. The largest absolute Gasteiger partial charge is 0.310 e. The first-order valence-electron chi connectivity index (χ1n) is 7.43. The van der Waals surface area contributed by atoms with Gasteiger partial charge < -0.3 is 5.32 Å². The van der Waals surface area contributed by atoms with Crippen molar-refractivity contribution in [2.45, 2.75) is 19.4 Å². The summed E-state index contributed by atoms with van der Waals surface area (Å²) in [6.45, 7) is 3.15. The molecule has 3 rings (SSSR count). The standard InChI is InChI=1S/C18H21N3/c1-14(19-11-9-18-10-12-21(2)20-18)16-8-7-15-5-3-4-6-17(15)13-16/h3-8,10,12-14,19H,9,11H2,1-2H3. The van der Waals surface area contributed by atoms with Crippen LogP contribution in [0.5, 0.6) is 0 Å². The number of hydrogen-bond acceptors (Lipinski definition) is 2. The highest BCUT2D eigenvalue weighted by molar-refractivity contribution is 5.83. The van der Waals surface area contributed by atoms with Crippen molar-refractivity contribution in [1.29, 1.82) is 0 Å². The predicted molar refractivity (Wildman–Crippen MR) is 87.3 cm³/mol. The molecule has 108 valence electrons. The molecule has 0 saturated heterocycles. The van der Waals surface area contributed by atoms with Crippen LogP contribution in [-0.2, 0) is 13.5 Å². The quantitative estimate of drug-likeness (QED) is 0.775. The van der Waals surface area contributed by atoms with Crippen molar-refractivity contribution < 1.29 is 0 Å². The topological polar surface area (TPSA) is 29.9 Å². The second-order valence-electron chi connectivity index (χ2n) is 5.51. The van der Waals surface area contributed by atoms with Gasteiger partial charge in [-0.2, -0.15) is 5.10 Å². The van der Waals surface area contributed by atoms with Crippen LogP contribution in [0, 0.1) is 0 Å². The molecule has 1 unspecified atom stereocenters. The zero-order chi connectivity index (χ0) is 14.7. The zero-order valence-corrected chi connectivity index (χ0v) is 12.6. The van der Waals surface area contributed by atoms with Gasteiger partial charge in [0.15, 0.2) is 0 Å². The Balaban J connectivity index is 1.62. The van der Waals surface area contributed by atoms with Gasteiger partial charge in [0.05, 0.1) is 5.69 Å². The summed E-state index contributed by atoms with van der Waals surface area (Å²) in [4.78, 5) is 0. The van der Waals surface area contributed by atoms with Crippen LogP contribution in [0.25, 0.3) is 10.8 Å². The minimum atomic E-state index is 0.346. The SMILES string of the molecule is CC(NCCc1ccn(C)n1)c1ccc2ccccc2c1. The Morgan fingerprint density at radius 1 is 1.10 bits per heavy atom. The molecule has 3 aromatic rings. The second-order valence-corrected chi connectivity index (χ2v) is 5.51. The molecule has 0 aliphatic heterocycles. The smallest absolute Gasteiger partial charge is 0.0637 e. The van der Waals surface area contributed by atoms with E-state index in [1.54, 1.807) is 0 Å². The summed E-state index contributed by atoms with van der Waals surface area (Å²) in [6, 6.07) is 17.6. The minimum Gasteiger partial charge on any atom is -0.310 e. The lowest BCUT2D eigenvalue weighted by Gasteiger charge is -2.14. The maximum atomic E-state index is 4.40. The molecule has 0 amide bonds. The molecule has 0 radical (unpaired) electrons. The lowest BCUT2D eigenvalue weighted by molar-refractivity contribution is 0.571. The predicted octanol–water partition coefficient (Wildman–Crippen LogP) is 3.47. The van der Waals surface area contributed by atoms with Gasteiger partial charge in [-0.3, -0.25) is 4.68 Å². The van der Waals surface area contributed by atoms with Gasteiger partial charge in [-0.05, 0) is 35.4 Å². The summed E-state index contributed by atoms with van der Waals surface area (Å²) in [5, 5.41) is 10.6. The highest BCUT2D eigenvalue weighted by Gasteiger charge is 2.06. The van der Waals surface area contributed by atoms with E-state index in [9.17, 15) is 0 Å². The number of aromatic nitrogens is 2. The van der Waals surface area contributed by atoms with Gasteiger partial charge in [0.2, 0.25) is 0 Å². The fraction of sp³-hybridized carbons (Fsp3) is 0.278. The average Bonchev–Trinajstić information content (AvgIpc) is 2.92. The van der Waals surface area contributed by atoms with E-state index in [1.807, 2.05) is 17.9 Å². The van der Waals surface area contributed by atoms with Crippen LogP contribution < -0.4 is 5.32 Å². The van der Waals surface area contributed by atoms with Gasteiger partial charge in [0, 0.05) is 32.3 Å². The Labute approximate surface area is 125 Å². The maximum absolute atomic E-state index is 4.40. The van der Waals surface area contributed by atoms with Gasteiger partial charge in [-0.25, -0.2) is 0 Å². The van der Waals surface area contributed by atoms with E-state index in [-0.39, 0.29) is 0 Å². The Bertz CT molecular complexity index is 730. The summed E-state index contributed by atoms with van der Waals surface area (Å²) in [5.41, 5.74) is 2.46. The molecule has 0 fully saturated rings. The summed E-state index contributed by atoms with van der Waals surface area (Å²) in [7, 11) is 1.95. The van der Waals surface area contributed by atoms with Crippen molar-refractivity contribution >= 4 is 10.8 Å². The van der Waals surface area contributed by atoms with E-state index >= 15 is 0 Å². The van der Waals surface area contributed by atoms with Crippen molar-refractivity contribution in [3.05, 3.63) is 66.0 Å². The van der Waals surface area contributed by atoms with Crippen molar-refractivity contribution in [3.63, 3.8) is 0 Å². The van der Waals surface area contributed by atoms with Crippen LogP contribution in [-0.4, -0.2) is 16.3 Å². The van der Waals surface area contributed by atoms with Crippen molar-refractivity contribution in [1.82, 2.24) is 15.1 Å². The van der Waals surface area contributed by atoms with Crippen molar-refractivity contribution in [3.8, 4) is 0 Å². The third kappa shape index (κ3) is 3.31. The summed E-state index contributed by atoms with van der Waals surface area (Å²) >= 11 is 0. The molecule has 0 aliphatic carbocycles. The third-order valence-electron chi connectivity index (χ3n) is 3.87. The number of hydrogen-bond donors (Lipinski definition) is 1. The monoisotopic (exact) mass is 279 g/mol. The van der Waals surface area contributed by atoms with E-state index in [4.69, 9.17) is 0 Å². The summed E-state index contributed by atoms with van der Waals surface area (Å²) in [6.07, 6.45) is 2.95. The molecule has 3 heteroatoms. The molecular weight excluding hydrogens is 258 g/mol. The van der Waals surface area contributed by atoms with Crippen molar-refractivity contribution in [2.75, 3.05) is 6.54 Å². The number of rotatable bonds is 5. The maximum Gasteiger partial charge on any atom is 0.0637 e. The third-order valence-corrected chi connectivity index (χ3v) is 3.87. The minimum absolute atomic E-state index is 0.346. The molecule has 1 atom stereocenters. The number of fused-ring (bicyclic) bond motifs is 1. The zero-order valence-electron chi connectivity index (χ0n) is 12.6. The fourth-order valence-electron chi connectivity index (χ4n) is 2.61. The average molecular weight is 279 g/mol. The van der Waals surface area contributed by atoms with Crippen LogP contribution in [0.1, 0.15) is 24.2 Å². The Morgan fingerprint density at radius 3 is 2.67 bits per heavy atom. The van der Waals surface area contributed by atoms with Crippen LogP contribution in [0.3, 0.4) is 0 Å². The second kappa shape index (κ2) is 6.10. The van der Waals surface area contributed by atoms with Gasteiger partial charge >= 0.3 is 0 Å². The van der Waals surface area contributed by atoms with E-state index < -0.39 is 0 Å². The summed E-state index contributed by atoms with van der Waals surface area (Å²) < 4.78 is 1.85. The number of benzene rings is 2. The molecule has 0 aliphatic rings. The number of nitrogens with zero attached hydrogens (tertiary/aromatic N) is 2. The highest BCUT2D eigenvalue weighted by Crippen LogP contribution is 2.20. The first-order valence-corrected chi connectivity index (χ1v) is 7.43. The molecule has 2 aromatic carbocycles. The molecule has 1 N–H and O–H groups in total. The van der Waals surface area contributed by atoms with E-state index in [0.29, 0.717) is 6.04 Å².